The largest absolute Gasteiger partial charge is 0.339 e. The number of aromatic nitrogens is 3. The lowest BCUT2D eigenvalue weighted by Crippen LogP contribution is -2.21. The second-order valence-electron chi connectivity index (χ2n) is 6.72. The van der Waals surface area contributed by atoms with Gasteiger partial charge in [0.2, 0.25) is 0 Å². The van der Waals surface area contributed by atoms with E-state index in [-0.39, 0.29) is 0 Å². The number of fused-ring (bicyclic) bond motifs is 6. The summed E-state index contributed by atoms with van der Waals surface area (Å²) >= 11 is 0. The van der Waals surface area contributed by atoms with Crippen LogP contribution in [0, 0.1) is 0 Å². The first kappa shape index (κ1) is 13.7. The highest BCUT2D eigenvalue weighted by Crippen LogP contribution is 2.33. The van der Waals surface area contributed by atoms with Gasteiger partial charge in [-0.3, -0.25) is 4.98 Å². The third-order valence-electron chi connectivity index (χ3n) is 5.24. The predicted octanol–water partition coefficient (Wildman–Crippen LogP) is 4.89. The summed E-state index contributed by atoms with van der Waals surface area (Å²) in [6, 6.07) is 19.5. The topological polar surface area (TPSA) is 25.5 Å². The number of rotatable bonds is 1. The van der Waals surface area contributed by atoms with Crippen LogP contribution in [0.3, 0.4) is 0 Å². The van der Waals surface area contributed by atoms with Gasteiger partial charge in [-0.05, 0) is 24.3 Å². The first-order chi connectivity index (χ1) is 12.9. The summed E-state index contributed by atoms with van der Waals surface area (Å²) in [5.41, 5.74) is 6.11. The van der Waals surface area contributed by atoms with Crippen LogP contribution in [0.2, 0.25) is 0 Å². The molecule has 0 bridgehead atoms. The average molecular weight is 336 g/mol. The molecule has 124 valence electrons. The molecule has 4 heterocycles. The minimum atomic E-state index is 0.850. The van der Waals surface area contributed by atoms with Gasteiger partial charge in [0.05, 0.1) is 35.0 Å². The van der Waals surface area contributed by atoms with E-state index in [1.165, 1.54) is 33.2 Å². The van der Waals surface area contributed by atoms with Crippen LogP contribution in [0.25, 0.3) is 33.5 Å². The van der Waals surface area contributed by atoms with Crippen LogP contribution < -0.4 is 4.90 Å². The number of hydrogen-bond donors (Lipinski definition) is 0. The number of anilines is 1. The zero-order valence-corrected chi connectivity index (χ0v) is 14.1. The molecule has 2 aromatic carbocycles. The Morgan fingerprint density at radius 2 is 1.81 bits per heavy atom. The van der Waals surface area contributed by atoms with E-state index in [0.29, 0.717) is 0 Å². The van der Waals surface area contributed by atoms with Crippen molar-refractivity contribution in [2.45, 2.75) is 6.54 Å². The molecule has 0 unspecified atom stereocenters. The predicted molar refractivity (Wildman–Crippen MR) is 106 cm³/mol. The van der Waals surface area contributed by atoms with E-state index in [0.717, 1.165) is 12.1 Å². The Labute approximate surface area is 150 Å². The van der Waals surface area contributed by atoms with Gasteiger partial charge in [0.1, 0.15) is 0 Å². The third kappa shape index (κ3) is 1.81. The van der Waals surface area contributed by atoms with Crippen molar-refractivity contribution in [2.75, 3.05) is 4.90 Å². The summed E-state index contributed by atoms with van der Waals surface area (Å²) in [7, 11) is 0. The lowest BCUT2D eigenvalue weighted by Gasteiger charge is -2.26. The molecule has 4 heteroatoms. The van der Waals surface area contributed by atoms with Gasteiger partial charge in [0.15, 0.2) is 0 Å². The molecule has 1 aliphatic heterocycles. The van der Waals surface area contributed by atoms with Crippen molar-refractivity contribution in [3.05, 3.63) is 85.1 Å². The van der Waals surface area contributed by atoms with E-state index >= 15 is 0 Å². The standard InChI is InChI=1S/C22H16N4/c1-2-6-20-16(4-1)12-19-15-24(10-11-25(19)20)21-7-3-5-17-13-18-14-23-8-9-26(18)22(17)21/h1-14H,15H2. The van der Waals surface area contributed by atoms with Crippen molar-refractivity contribution in [1.82, 2.24) is 14.0 Å². The highest BCUT2D eigenvalue weighted by atomic mass is 15.2. The van der Waals surface area contributed by atoms with Gasteiger partial charge >= 0.3 is 0 Å². The van der Waals surface area contributed by atoms with Crippen LogP contribution in [0.15, 0.2) is 79.4 Å². The molecule has 0 N–H and O–H groups in total. The lowest BCUT2D eigenvalue weighted by atomic mass is 10.2. The van der Waals surface area contributed by atoms with Crippen LogP contribution in [0.5, 0.6) is 0 Å². The Kier molecular flexibility index (Phi) is 2.63. The van der Waals surface area contributed by atoms with Crippen LogP contribution in [-0.2, 0) is 6.54 Å². The van der Waals surface area contributed by atoms with Crippen molar-refractivity contribution in [3.8, 4) is 0 Å². The Morgan fingerprint density at radius 3 is 2.81 bits per heavy atom. The van der Waals surface area contributed by atoms with Crippen LogP contribution >= 0.6 is 0 Å². The lowest BCUT2D eigenvalue weighted by molar-refractivity contribution is 0.874. The number of benzene rings is 2. The van der Waals surface area contributed by atoms with Crippen molar-refractivity contribution in [2.24, 2.45) is 0 Å². The molecule has 0 saturated carbocycles. The van der Waals surface area contributed by atoms with Gasteiger partial charge in [-0.25, -0.2) is 0 Å². The highest BCUT2D eigenvalue weighted by molar-refractivity contribution is 5.97. The second kappa shape index (κ2) is 4.99. The number of para-hydroxylation sites is 2. The maximum absolute atomic E-state index is 4.25. The Balaban J connectivity index is 1.54. The molecule has 6 rings (SSSR count). The maximum Gasteiger partial charge on any atom is 0.0768 e. The SMILES string of the molecule is C1=Cn2c(cc3ccccc32)CN1c1cccc2cc3cnccn3c12. The Morgan fingerprint density at radius 1 is 0.885 bits per heavy atom. The molecule has 0 aliphatic carbocycles. The zero-order valence-electron chi connectivity index (χ0n) is 14.1. The Bertz CT molecular complexity index is 1320. The Hall–Kier alpha value is -3.53. The molecule has 0 spiro atoms. The third-order valence-corrected chi connectivity index (χ3v) is 5.24. The van der Waals surface area contributed by atoms with Gasteiger partial charge in [-0.15, -0.1) is 0 Å². The zero-order chi connectivity index (χ0) is 17.1. The number of hydrogen-bond acceptors (Lipinski definition) is 2. The van der Waals surface area contributed by atoms with E-state index in [4.69, 9.17) is 0 Å². The van der Waals surface area contributed by atoms with Gasteiger partial charge in [0, 0.05) is 41.3 Å². The normalized spacial score (nSPS) is 13.8. The van der Waals surface area contributed by atoms with E-state index in [9.17, 15) is 0 Å². The van der Waals surface area contributed by atoms with Gasteiger partial charge < -0.3 is 13.9 Å². The first-order valence-electron chi connectivity index (χ1n) is 8.76. The van der Waals surface area contributed by atoms with E-state index in [1.54, 1.807) is 0 Å². The minimum Gasteiger partial charge on any atom is -0.339 e. The molecule has 3 aromatic heterocycles. The summed E-state index contributed by atoms with van der Waals surface area (Å²) in [6.07, 6.45) is 10.1. The average Bonchev–Trinajstić information content (AvgIpc) is 3.25. The highest BCUT2D eigenvalue weighted by Gasteiger charge is 2.18. The van der Waals surface area contributed by atoms with Gasteiger partial charge in [-0.1, -0.05) is 30.3 Å². The molecule has 4 nitrogen and oxygen atoms in total. The van der Waals surface area contributed by atoms with Gasteiger partial charge in [-0.2, -0.15) is 0 Å². The van der Waals surface area contributed by atoms with E-state index < -0.39 is 0 Å². The van der Waals surface area contributed by atoms with Crippen LogP contribution in [0.1, 0.15) is 5.69 Å². The van der Waals surface area contributed by atoms with Crippen molar-refractivity contribution < 1.29 is 0 Å². The first-order valence-corrected chi connectivity index (χ1v) is 8.76. The molecular formula is C22H16N4. The molecule has 0 atom stereocenters. The van der Waals surface area contributed by atoms with E-state index in [2.05, 4.69) is 85.8 Å². The van der Waals surface area contributed by atoms with Crippen molar-refractivity contribution in [3.63, 3.8) is 0 Å². The summed E-state index contributed by atoms with van der Waals surface area (Å²) in [4.78, 5) is 6.58. The molecule has 0 fully saturated rings. The quantitative estimate of drug-likeness (QED) is 0.435. The van der Waals surface area contributed by atoms with Gasteiger partial charge in [0.25, 0.3) is 0 Å². The molecule has 0 radical (unpaired) electrons. The summed E-state index contributed by atoms with van der Waals surface area (Å²) in [6.45, 7) is 0.850. The molecule has 26 heavy (non-hydrogen) atoms. The molecule has 5 aromatic rings. The molecule has 1 aliphatic rings. The monoisotopic (exact) mass is 336 g/mol. The maximum atomic E-state index is 4.25. The van der Waals surface area contributed by atoms with Crippen LogP contribution in [0.4, 0.5) is 5.69 Å². The minimum absolute atomic E-state index is 0.850. The molecular weight excluding hydrogens is 320 g/mol. The summed E-state index contributed by atoms with van der Waals surface area (Å²) in [5, 5.41) is 2.52. The second-order valence-corrected chi connectivity index (χ2v) is 6.72. The smallest absolute Gasteiger partial charge is 0.0768 e. The molecule has 0 saturated heterocycles. The number of nitrogens with zero attached hydrogens (tertiary/aromatic N) is 4. The fourth-order valence-electron chi connectivity index (χ4n) is 4.07. The fraction of sp³-hybridized carbons (Fsp3) is 0.0455. The van der Waals surface area contributed by atoms with Crippen molar-refractivity contribution in [1.29, 1.82) is 0 Å². The molecule has 0 amide bonds. The van der Waals surface area contributed by atoms with Crippen LogP contribution in [-0.4, -0.2) is 14.0 Å². The van der Waals surface area contributed by atoms with Crippen molar-refractivity contribution >= 4 is 39.2 Å². The van der Waals surface area contributed by atoms with E-state index in [1.807, 2.05) is 18.6 Å². The summed E-state index contributed by atoms with van der Waals surface area (Å²) < 4.78 is 4.50. The fourth-order valence-corrected chi connectivity index (χ4v) is 4.07. The summed E-state index contributed by atoms with van der Waals surface area (Å²) in [5.74, 6) is 0.